The molecular weight excluding hydrogens is 378 g/mol. The molecule has 5 heteroatoms. The monoisotopic (exact) mass is 413 g/mol. The lowest BCUT2D eigenvalue weighted by molar-refractivity contribution is -0.253. The summed E-state index contributed by atoms with van der Waals surface area (Å²) in [6.07, 6.45) is 0.668. The molecule has 164 valence electrons. The molecule has 3 rings (SSSR count). The van der Waals surface area contributed by atoms with Crippen molar-refractivity contribution in [2.45, 2.75) is 61.5 Å². The second-order valence-corrected chi connectivity index (χ2v) is 6.35. The van der Waals surface area contributed by atoms with E-state index in [1.54, 1.807) is 0 Å². The summed E-state index contributed by atoms with van der Waals surface area (Å²) >= 11 is 0. The van der Waals surface area contributed by atoms with E-state index in [0.717, 1.165) is 33.9 Å². The molecule has 0 saturated heterocycles. The van der Waals surface area contributed by atoms with Crippen molar-refractivity contribution in [3.8, 4) is 17.2 Å². The zero-order valence-corrected chi connectivity index (χ0v) is 19.3. The van der Waals surface area contributed by atoms with Gasteiger partial charge in [-0.2, -0.15) is 0 Å². The van der Waals surface area contributed by atoms with E-state index in [1.165, 1.54) is 5.56 Å². The minimum Gasteiger partial charge on any atom is -0.493 e. The fourth-order valence-electron chi connectivity index (χ4n) is 2.73. The van der Waals surface area contributed by atoms with Crippen LogP contribution in [0.2, 0.25) is 0 Å². The molecule has 0 bridgehead atoms. The third-order valence-electron chi connectivity index (χ3n) is 4.33. The van der Waals surface area contributed by atoms with Crippen LogP contribution in [0.3, 0.4) is 0 Å². The van der Waals surface area contributed by atoms with Gasteiger partial charge in [-0.25, -0.2) is 9.87 Å². The molecular formula is C25H35NO4. The first-order chi connectivity index (χ1) is 14.6. The lowest BCUT2D eigenvalue weighted by atomic mass is 10.1. The minimum atomic E-state index is 0.173. The van der Waals surface area contributed by atoms with E-state index < -0.39 is 0 Å². The number of ether oxygens (including phenoxy) is 1. The van der Waals surface area contributed by atoms with Gasteiger partial charge in [-0.1, -0.05) is 51.5 Å². The van der Waals surface area contributed by atoms with Gasteiger partial charge in [-0.3, -0.25) is 5.26 Å². The number of aromatic nitrogens is 1. The summed E-state index contributed by atoms with van der Waals surface area (Å²) in [5, 5.41) is 8.56. The summed E-state index contributed by atoms with van der Waals surface area (Å²) in [5.74, 6) is 2.24. The smallest absolute Gasteiger partial charge is 0.226 e. The van der Waals surface area contributed by atoms with E-state index >= 15 is 0 Å². The topological polar surface area (TPSA) is 64.7 Å². The van der Waals surface area contributed by atoms with Crippen molar-refractivity contribution < 1.29 is 19.3 Å². The molecule has 0 fully saturated rings. The molecule has 3 aromatic rings. The van der Waals surface area contributed by atoms with E-state index in [9.17, 15) is 0 Å². The summed E-state index contributed by atoms with van der Waals surface area (Å²) in [6.45, 7) is 14.6. The Kier molecular flexibility index (Phi) is 11.5. The van der Waals surface area contributed by atoms with Crippen LogP contribution in [-0.4, -0.2) is 16.8 Å². The van der Waals surface area contributed by atoms with Gasteiger partial charge in [0.15, 0.2) is 0 Å². The maximum absolute atomic E-state index is 8.56. The number of hydrogen-bond acceptors (Lipinski definition) is 5. The number of nitrogens with zero attached hydrogens (tertiary/aromatic N) is 1. The number of rotatable bonds is 7. The lowest BCUT2D eigenvalue weighted by Crippen LogP contribution is -2.03. The molecule has 0 unspecified atom stereocenters. The molecule has 0 aliphatic heterocycles. The van der Waals surface area contributed by atoms with Gasteiger partial charge < -0.3 is 9.15 Å². The van der Waals surface area contributed by atoms with Crippen LogP contribution in [0.5, 0.6) is 5.75 Å². The van der Waals surface area contributed by atoms with Gasteiger partial charge in [0.2, 0.25) is 5.89 Å². The summed E-state index contributed by atoms with van der Waals surface area (Å²) in [5.41, 5.74) is 5.02. The Labute approximate surface area is 180 Å². The van der Waals surface area contributed by atoms with E-state index in [2.05, 4.69) is 16.8 Å². The van der Waals surface area contributed by atoms with Crippen LogP contribution < -0.4 is 4.74 Å². The van der Waals surface area contributed by atoms with Crippen LogP contribution in [0.15, 0.2) is 46.9 Å². The molecule has 0 radical (unpaired) electrons. The third kappa shape index (κ3) is 7.32. The first-order valence-electron chi connectivity index (χ1n) is 10.6. The summed E-state index contributed by atoms with van der Waals surface area (Å²) in [6, 6.07) is 13.8. The molecule has 5 nitrogen and oxygen atoms in total. The fraction of sp³-hybridized carbons (Fsp3) is 0.400. The van der Waals surface area contributed by atoms with Gasteiger partial charge >= 0.3 is 0 Å². The Bertz CT molecular complexity index is 869. The lowest BCUT2D eigenvalue weighted by Gasteiger charge is -2.09. The van der Waals surface area contributed by atoms with Crippen molar-refractivity contribution in [3.63, 3.8) is 0 Å². The summed E-state index contributed by atoms with van der Waals surface area (Å²) < 4.78 is 11.6. The molecule has 0 saturated carbocycles. The number of oxazole rings is 1. The van der Waals surface area contributed by atoms with E-state index in [-0.39, 0.29) is 6.61 Å². The average Bonchev–Trinajstić information content (AvgIpc) is 3.14. The normalized spacial score (nSPS) is 9.87. The van der Waals surface area contributed by atoms with Crippen molar-refractivity contribution in [2.75, 3.05) is 6.61 Å². The van der Waals surface area contributed by atoms with Crippen LogP contribution >= 0.6 is 0 Å². The number of aryl methyl sites for hydroxylation is 3. The van der Waals surface area contributed by atoms with Gasteiger partial charge in [-0.15, -0.1) is 0 Å². The van der Waals surface area contributed by atoms with Crippen molar-refractivity contribution in [2.24, 2.45) is 0 Å². The number of benzene rings is 2. The quantitative estimate of drug-likeness (QED) is 0.336. The maximum Gasteiger partial charge on any atom is 0.226 e. The Morgan fingerprint density at radius 2 is 1.60 bits per heavy atom. The molecule has 0 aliphatic carbocycles. The fourth-order valence-corrected chi connectivity index (χ4v) is 2.73. The zero-order chi connectivity index (χ0) is 22.5. The Balaban J connectivity index is 0.00000106. The first-order valence-corrected chi connectivity index (χ1v) is 10.6. The molecule has 2 aromatic carbocycles. The van der Waals surface area contributed by atoms with Gasteiger partial charge in [0.25, 0.3) is 0 Å². The summed E-state index contributed by atoms with van der Waals surface area (Å²) in [7, 11) is 0. The van der Waals surface area contributed by atoms with Crippen molar-refractivity contribution >= 4 is 0 Å². The number of hydrogen-bond donors (Lipinski definition) is 1. The minimum absolute atomic E-state index is 0.173. The highest BCUT2D eigenvalue weighted by Gasteiger charge is 2.11. The standard InChI is InChI=1S/C21H23NO4.2C2H6/c1-14-4-6-17(7-5-14)21-22-20(16(3)26-21)10-11-24-19-9-8-18(13-25-23)15(2)12-19;2*1-2/h4-9,12,23H,10-11,13H2,1-3H3;2*1-2H3. The van der Waals surface area contributed by atoms with Crippen LogP contribution in [0.4, 0.5) is 0 Å². The van der Waals surface area contributed by atoms with Crippen LogP contribution in [-0.2, 0) is 17.9 Å². The van der Waals surface area contributed by atoms with Crippen molar-refractivity contribution in [1.82, 2.24) is 4.98 Å². The Morgan fingerprint density at radius 1 is 0.933 bits per heavy atom. The Morgan fingerprint density at radius 3 is 2.20 bits per heavy atom. The molecule has 1 N–H and O–H groups in total. The van der Waals surface area contributed by atoms with E-state index in [4.69, 9.17) is 14.4 Å². The second-order valence-electron chi connectivity index (χ2n) is 6.35. The third-order valence-corrected chi connectivity index (χ3v) is 4.33. The molecule has 30 heavy (non-hydrogen) atoms. The first kappa shape index (κ1) is 25.4. The SMILES string of the molecule is CC.CC.Cc1ccc(-c2nc(CCOc3ccc(COO)c(C)c3)c(C)o2)cc1. The predicted octanol–water partition coefficient (Wildman–Crippen LogP) is 6.93. The van der Waals surface area contributed by atoms with Crippen molar-refractivity contribution in [1.29, 1.82) is 0 Å². The maximum atomic E-state index is 8.56. The second kappa shape index (κ2) is 13.6. The van der Waals surface area contributed by atoms with Gasteiger partial charge in [0.1, 0.15) is 18.1 Å². The molecule has 0 aliphatic rings. The van der Waals surface area contributed by atoms with Crippen LogP contribution in [0.1, 0.15) is 55.8 Å². The van der Waals surface area contributed by atoms with Crippen LogP contribution in [0, 0.1) is 20.8 Å². The van der Waals surface area contributed by atoms with Gasteiger partial charge in [0, 0.05) is 12.0 Å². The largest absolute Gasteiger partial charge is 0.493 e. The molecule has 0 atom stereocenters. The zero-order valence-electron chi connectivity index (χ0n) is 19.3. The average molecular weight is 414 g/mol. The molecule has 1 aromatic heterocycles. The molecule has 0 spiro atoms. The Hall–Kier alpha value is -2.63. The van der Waals surface area contributed by atoms with E-state index in [0.29, 0.717) is 18.9 Å². The van der Waals surface area contributed by atoms with Gasteiger partial charge in [-0.05, 0) is 56.2 Å². The van der Waals surface area contributed by atoms with Crippen molar-refractivity contribution in [3.05, 3.63) is 70.6 Å². The van der Waals surface area contributed by atoms with E-state index in [1.807, 2.05) is 84.0 Å². The highest BCUT2D eigenvalue weighted by atomic mass is 17.1. The summed E-state index contributed by atoms with van der Waals surface area (Å²) in [4.78, 5) is 8.79. The van der Waals surface area contributed by atoms with Gasteiger partial charge in [0.05, 0.1) is 12.3 Å². The molecule has 0 amide bonds. The highest BCUT2D eigenvalue weighted by Crippen LogP contribution is 2.23. The molecule has 1 heterocycles. The highest BCUT2D eigenvalue weighted by molar-refractivity contribution is 5.54. The predicted molar refractivity (Wildman–Crippen MR) is 122 cm³/mol. The van der Waals surface area contributed by atoms with Crippen LogP contribution in [0.25, 0.3) is 11.5 Å².